The molecule has 2 aliphatic rings. The molecule has 1 atom stereocenters. The molecule has 0 bridgehead atoms. The Bertz CT molecular complexity index is 2090. The number of carboxylic acid groups (broad SMARTS) is 1. The number of methoxy groups -OCH3 is 1. The van der Waals surface area contributed by atoms with E-state index in [0.717, 1.165) is 12.5 Å². The number of imidazole rings is 1. The van der Waals surface area contributed by atoms with Crippen LogP contribution in [0.1, 0.15) is 44.9 Å². The molecule has 2 aromatic heterocycles. The summed E-state index contributed by atoms with van der Waals surface area (Å²) in [6, 6.07) is 15.5. The molecule has 5 aromatic rings. The molecule has 1 fully saturated rings. The van der Waals surface area contributed by atoms with Crippen LogP contribution in [-0.2, 0) is 30.7 Å². The van der Waals surface area contributed by atoms with Crippen LogP contribution in [0.25, 0.3) is 22.3 Å². The highest BCUT2D eigenvalue weighted by atomic mass is 19.1. The number of rotatable bonds is 10. The monoisotopic (exact) mass is 638 g/mol. The summed E-state index contributed by atoms with van der Waals surface area (Å²) in [6.07, 6.45) is 1.37. The highest BCUT2D eigenvalue weighted by Gasteiger charge is 2.29. The first-order valence-electron chi connectivity index (χ1n) is 15.0. The molecule has 1 saturated heterocycles. The van der Waals surface area contributed by atoms with E-state index < -0.39 is 17.6 Å². The quantitative estimate of drug-likeness (QED) is 0.200. The maximum absolute atomic E-state index is 16.2. The number of nitrogens with zero attached hydrogens (tertiary/aromatic N) is 4. The Morgan fingerprint density at radius 3 is 2.70 bits per heavy atom. The number of ether oxygens (including phenoxy) is 4. The number of hydrogen-bond donors (Lipinski definition) is 1. The zero-order valence-corrected chi connectivity index (χ0v) is 25.3. The predicted octanol–water partition coefficient (Wildman–Crippen LogP) is 5.85. The zero-order chi connectivity index (χ0) is 32.7. The van der Waals surface area contributed by atoms with Gasteiger partial charge in [0.2, 0.25) is 5.88 Å². The molecule has 7 rings (SSSR count). The molecule has 0 saturated carbocycles. The second-order valence-electron chi connectivity index (χ2n) is 11.3. The molecular formula is C35H28F2N4O6. The lowest BCUT2D eigenvalue weighted by atomic mass is 9.96. The van der Waals surface area contributed by atoms with Crippen LogP contribution in [0.15, 0.2) is 54.6 Å². The van der Waals surface area contributed by atoms with Crippen LogP contribution in [0, 0.1) is 23.0 Å². The van der Waals surface area contributed by atoms with Crippen molar-refractivity contribution in [1.29, 1.82) is 5.26 Å². The fourth-order valence-corrected chi connectivity index (χ4v) is 5.97. The molecule has 0 unspecified atom stereocenters. The fraction of sp³-hybridized carbons (Fsp3) is 0.257. The molecule has 0 radical (unpaired) electrons. The van der Waals surface area contributed by atoms with Gasteiger partial charge in [-0.1, -0.05) is 12.1 Å². The van der Waals surface area contributed by atoms with E-state index in [4.69, 9.17) is 29.2 Å². The summed E-state index contributed by atoms with van der Waals surface area (Å²) in [6.45, 7) is 1.32. The second-order valence-corrected chi connectivity index (χ2v) is 11.3. The van der Waals surface area contributed by atoms with Gasteiger partial charge in [0.25, 0.3) is 0 Å². The minimum Gasteiger partial charge on any atom is -0.494 e. The Morgan fingerprint density at radius 1 is 1.13 bits per heavy atom. The number of fused-ring (bicyclic) bond motifs is 2. The maximum atomic E-state index is 16.2. The van der Waals surface area contributed by atoms with Crippen molar-refractivity contribution in [3.8, 4) is 34.7 Å². The number of pyridine rings is 1. The van der Waals surface area contributed by atoms with E-state index in [-0.39, 0.29) is 41.7 Å². The van der Waals surface area contributed by atoms with Crippen LogP contribution in [0.3, 0.4) is 0 Å². The molecule has 4 heterocycles. The van der Waals surface area contributed by atoms with Gasteiger partial charge in [0.1, 0.15) is 41.1 Å². The molecular weight excluding hydrogens is 610 g/mol. The highest BCUT2D eigenvalue weighted by molar-refractivity contribution is 5.95. The maximum Gasteiger partial charge on any atom is 0.335 e. The van der Waals surface area contributed by atoms with E-state index in [1.807, 2.05) is 10.6 Å². The number of aromatic nitrogens is 3. The third-order valence-corrected chi connectivity index (χ3v) is 8.48. The Hall–Kier alpha value is -5.54. The number of carbonyl (C=O) groups is 1. The SMILES string of the molecule is COc1cc(C(=O)O)cc2c1nc(Cc1c(F)cc(-c3cccc(OCc4ccc(C#N)cc4F)n3)c3c1CCO3)n2C[C@@H]1CCO1. The number of carboxylic acids is 1. The summed E-state index contributed by atoms with van der Waals surface area (Å²) in [4.78, 5) is 21.3. The normalized spacial score (nSPS) is 15.1. The molecule has 2 aliphatic heterocycles. The van der Waals surface area contributed by atoms with Gasteiger partial charge < -0.3 is 28.6 Å². The Morgan fingerprint density at radius 2 is 1.98 bits per heavy atom. The third kappa shape index (κ3) is 5.70. The van der Waals surface area contributed by atoms with Crippen LogP contribution >= 0.6 is 0 Å². The Labute approximate surface area is 267 Å². The number of halogens is 2. The average molecular weight is 639 g/mol. The van der Waals surface area contributed by atoms with Crippen LogP contribution in [0.4, 0.5) is 8.78 Å². The van der Waals surface area contributed by atoms with Gasteiger partial charge >= 0.3 is 5.97 Å². The van der Waals surface area contributed by atoms with Crippen molar-refractivity contribution in [1.82, 2.24) is 14.5 Å². The second kappa shape index (κ2) is 12.3. The van der Waals surface area contributed by atoms with Crippen molar-refractivity contribution in [3.63, 3.8) is 0 Å². The minimum absolute atomic E-state index is 0.0575. The van der Waals surface area contributed by atoms with E-state index >= 15 is 4.39 Å². The van der Waals surface area contributed by atoms with Gasteiger partial charge in [0.05, 0.1) is 54.8 Å². The summed E-state index contributed by atoms with van der Waals surface area (Å²) in [5.41, 5.74) is 3.59. The third-order valence-electron chi connectivity index (χ3n) is 8.48. The van der Waals surface area contributed by atoms with E-state index in [1.165, 1.54) is 31.4 Å². The van der Waals surface area contributed by atoms with Gasteiger partial charge in [0, 0.05) is 47.8 Å². The van der Waals surface area contributed by atoms with Crippen molar-refractivity contribution in [3.05, 3.63) is 99.9 Å². The summed E-state index contributed by atoms with van der Waals surface area (Å²) >= 11 is 0. The molecule has 3 aromatic carbocycles. The minimum atomic E-state index is -1.10. The number of aromatic carboxylic acids is 1. The summed E-state index contributed by atoms with van der Waals surface area (Å²) in [5, 5.41) is 18.7. The Kier molecular flexibility index (Phi) is 7.91. The van der Waals surface area contributed by atoms with Gasteiger partial charge in [-0.3, -0.25) is 0 Å². The van der Waals surface area contributed by atoms with Crippen LogP contribution in [-0.4, -0.2) is 52.0 Å². The van der Waals surface area contributed by atoms with Gasteiger partial charge in [-0.15, -0.1) is 0 Å². The molecule has 12 heteroatoms. The topological polar surface area (TPSA) is 129 Å². The summed E-state index contributed by atoms with van der Waals surface area (Å²) < 4.78 is 55.4. The largest absolute Gasteiger partial charge is 0.494 e. The molecule has 238 valence electrons. The molecule has 0 amide bonds. The standard InChI is InChI=1S/C35H28F2N4O6/c1-44-30-13-21(35(42)43)12-29-33(30)40-31(41(29)17-22-7-9-45-22)15-24-23-8-10-46-34(23)25(14-27(24)37)28-3-2-4-32(39-28)47-18-20-6-5-19(16-38)11-26(20)36/h2-6,11-14,22H,7-10,15,17-18H2,1H3,(H,42,43)/t22-/m0/s1. The van der Waals surface area contributed by atoms with Crippen molar-refractivity contribution >= 4 is 17.0 Å². The molecule has 10 nitrogen and oxygen atoms in total. The van der Waals surface area contributed by atoms with Crippen LogP contribution < -0.4 is 14.2 Å². The molecule has 47 heavy (non-hydrogen) atoms. The van der Waals surface area contributed by atoms with Crippen molar-refractivity contribution < 1.29 is 37.6 Å². The first kappa shape index (κ1) is 30.1. The highest BCUT2D eigenvalue weighted by Crippen LogP contribution is 2.41. The van der Waals surface area contributed by atoms with Gasteiger partial charge in [-0.25, -0.2) is 23.5 Å². The van der Waals surface area contributed by atoms with Gasteiger partial charge in [0.15, 0.2) is 0 Å². The first-order valence-corrected chi connectivity index (χ1v) is 15.0. The molecule has 0 aliphatic carbocycles. The van der Waals surface area contributed by atoms with E-state index in [1.54, 1.807) is 24.3 Å². The predicted molar refractivity (Wildman–Crippen MR) is 165 cm³/mol. The van der Waals surface area contributed by atoms with E-state index in [0.29, 0.717) is 76.9 Å². The van der Waals surface area contributed by atoms with Gasteiger partial charge in [-0.2, -0.15) is 5.26 Å². The molecule has 1 N–H and O–H groups in total. The lowest BCUT2D eigenvalue weighted by Gasteiger charge is -2.27. The Balaban J connectivity index is 1.23. The smallest absolute Gasteiger partial charge is 0.335 e. The number of benzene rings is 3. The van der Waals surface area contributed by atoms with Crippen molar-refractivity contribution in [2.45, 2.75) is 38.5 Å². The summed E-state index contributed by atoms with van der Waals surface area (Å²) in [5.74, 6) is -0.536. The van der Waals surface area contributed by atoms with E-state index in [9.17, 15) is 14.3 Å². The summed E-state index contributed by atoms with van der Waals surface area (Å²) in [7, 11) is 1.45. The number of hydrogen-bond acceptors (Lipinski definition) is 8. The first-order chi connectivity index (χ1) is 22.8. The average Bonchev–Trinajstić information content (AvgIpc) is 3.68. The van der Waals surface area contributed by atoms with Crippen molar-refractivity contribution in [2.24, 2.45) is 0 Å². The lowest BCUT2D eigenvalue weighted by molar-refractivity contribution is -0.0589. The molecule has 0 spiro atoms. The van der Waals surface area contributed by atoms with Gasteiger partial charge in [-0.05, 0) is 42.8 Å². The van der Waals surface area contributed by atoms with Crippen LogP contribution in [0.2, 0.25) is 0 Å². The van der Waals surface area contributed by atoms with E-state index in [2.05, 4.69) is 4.98 Å². The van der Waals surface area contributed by atoms with Crippen molar-refractivity contribution in [2.75, 3.05) is 20.3 Å². The zero-order valence-electron chi connectivity index (χ0n) is 25.3. The number of nitriles is 1. The lowest BCUT2D eigenvalue weighted by Crippen LogP contribution is -2.31. The fourth-order valence-electron chi connectivity index (χ4n) is 5.97. The van der Waals surface area contributed by atoms with Crippen LogP contribution in [0.5, 0.6) is 17.4 Å².